The molecule has 0 spiro atoms. The average Bonchev–Trinajstić information content (AvgIpc) is 2.38. The quantitative estimate of drug-likeness (QED) is 0.862. The van der Waals surface area contributed by atoms with Gasteiger partial charge in [0.05, 0.1) is 0 Å². The molecule has 3 nitrogen and oxygen atoms in total. The van der Waals surface area contributed by atoms with E-state index in [0.717, 1.165) is 12.5 Å². The molecule has 0 aromatic heterocycles. The van der Waals surface area contributed by atoms with Gasteiger partial charge in [-0.15, -0.1) is 0 Å². The molecular weight excluding hydrogens is 226 g/mol. The molecule has 1 saturated carbocycles. The maximum Gasteiger partial charge on any atom is 0.251 e. The van der Waals surface area contributed by atoms with E-state index in [0.29, 0.717) is 11.5 Å². The van der Waals surface area contributed by atoms with Crippen molar-refractivity contribution in [3.63, 3.8) is 0 Å². The van der Waals surface area contributed by atoms with Crippen LogP contribution in [0, 0.1) is 11.8 Å². The van der Waals surface area contributed by atoms with E-state index >= 15 is 0 Å². The van der Waals surface area contributed by atoms with Crippen LogP contribution in [0.2, 0.25) is 0 Å². The Balaban J connectivity index is 1.81. The van der Waals surface area contributed by atoms with E-state index in [-0.39, 0.29) is 11.7 Å². The van der Waals surface area contributed by atoms with E-state index in [1.165, 1.54) is 31.7 Å². The lowest BCUT2D eigenvalue weighted by molar-refractivity contribution is 0.0941. The molecule has 0 bridgehead atoms. The van der Waals surface area contributed by atoms with Crippen LogP contribution >= 0.6 is 0 Å². The number of rotatable bonds is 3. The van der Waals surface area contributed by atoms with Gasteiger partial charge in [-0.25, -0.2) is 0 Å². The molecule has 1 aliphatic rings. The first-order valence-electron chi connectivity index (χ1n) is 6.72. The lowest BCUT2D eigenvalue weighted by Gasteiger charge is -2.26. The predicted octanol–water partition coefficient (Wildman–Crippen LogP) is 2.95. The summed E-state index contributed by atoms with van der Waals surface area (Å²) in [6, 6.07) is 6.47. The summed E-state index contributed by atoms with van der Waals surface area (Å²) >= 11 is 0. The molecular formula is C15H21NO2. The van der Waals surface area contributed by atoms with Crippen molar-refractivity contribution in [1.82, 2.24) is 5.32 Å². The third-order valence-electron chi connectivity index (χ3n) is 3.80. The van der Waals surface area contributed by atoms with Crippen LogP contribution in [-0.4, -0.2) is 17.6 Å². The summed E-state index contributed by atoms with van der Waals surface area (Å²) in [6.45, 7) is 3.04. The molecule has 1 aromatic rings. The van der Waals surface area contributed by atoms with Crippen molar-refractivity contribution in [2.24, 2.45) is 11.8 Å². The number of aromatic hydroxyl groups is 1. The number of amides is 1. The van der Waals surface area contributed by atoms with E-state index in [2.05, 4.69) is 12.2 Å². The summed E-state index contributed by atoms with van der Waals surface area (Å²) in [6.07, 6.45) is 4.96. The summed E-state index contributed by atoms with van der Waals surface area (Å²) in [5.41, 5.74) is 0.527. The Morgan fingerprint density at radius 1 is 1.33 bits per heavy atom. The first kappa shape index (κ1) is 12.9. The van der Waals surface area contributed by atoms with Crippen LogP contribution in [0.1, 0.15) is 43.0 Å². The highest BCUT2D eigenvalue weighted by molar-refractivity contribution is 5.94. The standard InChI is InChI=1S/C15H21NO2/c1-11-5-7-12(8-6-11)10-16-15(18)13-3-2-4-14(17)9-13/h2-4,9,11-12,17H,5-8,10H2,1H3,(H,16,18). The summed E-state index contributed by atoms with van der Waals surface area (Å²) in [5.74, 6) is 1.49. The first-order valence-corrected chi connectivity index (χ1v) is 6.72. The predicted molar refractivity (Wildman–Crippen MR) is 71.6 cm³/mol. The molecule has 18 heavy (non-hydrogen) atoms. The lowest BCUT2D eigenvalue weighted by Crippen LogP contribution is -2.31. The first-order chi connectivity index (χ1) is 8.65. The SMILES string of the molecule is CC1CCC(CNC(=O)c2cccc(O)c2)CC1. The number of benzene rings is 1. The topological polar surface area (TPSA) is 49.3 Å². The molecule has 0 radical (unpaired) electrons. The fraction of sp³-hybridized carbons (Fsp3) is 0.533. The second kappa shape index (κ2) is 5.89. The number of phenols is 1. The largest absolute Gasteiger partial charge is 0.508 e. The molecule has 98 valence electrons. The molecule has 0 atom stereocenters. The van der Waals surface area contributed by atoms with Crippen LogP contribution in [0.15, 0.2) is 24.3 Å². The fourth-order valence-electron chi connectivity index (χ4n) is 2.52. The molecule has 1 aliphatic carbocycles. The molecule has 1 fully saturated rings. The van der Waals surface area contributed by atoms with Gasteiger partial charge in [0.1, 0.15) is 5.75 Å². The van der Waals surface area contributed by atoms with Gasteiger partial charge in [-0.1, -0.05) is 25.8 Å². The summed E-state index contributed by atoms with van der Waals surface area (Å²) in [7, 11) is 0. The molecule has 0 saturated heterocycles. The molecule has 1 aromatic carbocycles. The number of carbonyl (C=O) groups is 1. The zero-order valence-electron chi connectivity index (χ0n) is 10.9. The highest BCUT2D eigenvalue weighted by Crippen LogP contribution is 2.27. The minimum atomic E-state index is -0.0930. The van der Waals surface area contributed by atoms with Gasteiger partial charge < -0.3 is 10.4 Å². The third kappa shape index (κ3) is 3.49. The number of phenolic OH excluding ortho intramolecular Hbond substituents is 1. The Labute approximate surface area is 108 Å². The number of hydrogen-bond acceptors (Lipinski definition) is 2. The van der Waals surface area contributed by atoms with Gasteiger partial charge in [0, 0.05) is 12.1 Å². The van der Waals surface area contributed by atoms with Gasteiger partial charge >= 0.3 is 0 Å². The summed E-state index contributed by atoms with van der Waals surface area (Å²) < 4.78 is 0. The summed E-state index contributed by atoms with van der Waals surface area (Å²) in [5, 5.41) is 12.3. The minimum absolute atomic E-state index is 0.0930. The summed E-state index contributed by atoms with van der Waals surface area (Å²) in [4.78, 5) is 11.9. The van der Waals surface area contributed by atoms with Crippen LogP contribution in [0.4, 0.5) is 0 Å². The van der Waals surface area contributed by atoms with E-state index in [1.54, 1.807) is 18.2 Å². The van der Waals surface area contributed by atoms with Gasteiger partial charge in [0.25, 0.3) is 5.91 Å². The molecule has 2 N–H and O–H groups in total. The van der Waals surface area contributed by atoms with Crippen molar-refractivity contribution in [2.75, 3.05) is 6.54 Å². The van der Waals surface area contributed by atoms with Crippen molar-refractivity contribution >= 4 is 5.91 Å². The second-order valence-corrected chi connectivity index (χ2v) is 5.39. The van der Waals surface area contributed by atoms with E-state index in [4.69, 9.17) is 0 Å². The van der Waals surface area contributed by atoms with Gasteiger partial charge in [0.15, 0.2) is 0 Å². The Morgan fingerprint density at radius 3 is 2.72 bits per heavy atom. The monoisotopic (exact) mass is 247 g/mol. The zero-order valence-corrected chi connectivity index (χ0v) is 10.9. The van der Waals surface area contributed by atoms with Gasteiger partial charge in [-0.3, -0.25) is 4.79 Å². The van der Waals surface area contributed by atoms with Crippen LogP contribution in [0.3, 0.4) is 0 Å². The van der Waals surface area contributed by atoms with Gasteiger partial charge in [-0.2, -0.15) is 0 Å². The molecule has 3 heteroatoms. The Bertz CT molecular complexity index is 409. The van der Waals surface area contributed by atoms with E-state index < -0.39 is 0 Å². The van der Waals surface area contributed by atoms with Crippen molar-refractivity contribution in [3.05, 3.63) is 29.8 Å². The van der Waals surface area contributed by atoms with Crippen LogP contribution in [0.5, 0.6) is 5.75 Å². The third-order valence-corrected chi connectivity index (χ3v) is 3.80. The van der Waals surface area contributed by atoms with E-state index in [9.17, 15) is 9.90 Å². The van der Waals surface area contributed by atoms with Crippen LogP contribution in [0.25, 0.3) is 0 Å². The molecule has 0 unspecified atom stereocenters. The van der Waals surface area contributed by atoms with Crippen LogP contribution in [-0.2, 0) is 0 Å². The van der Waals surface area contributed by atoms with Crippen molar-refractivity contribution in [2.45, 2.75) is 32.6 Å². The van der Waals surface area contributed by atoms with Gasteiger partial charge in [0.2, 0.25) is 0 Å². The number of hydrogen-bond donors (Lipinski definition) is 2. The number of nitrogens with one attached hydrogen (secondary N) is 1. The molecule has 0 aliphatic heterocycles. The number of carbonyl (C=O) groups excluding carboxylic acids is 1. The highest BCUT2D eigenvalue weighted by atomic mass is 16.3. The maximum atomic E-state index is 11.9. The molecule has 0 heterocycles. The molecule has 2 rings (SSSR count). The van der Waals surface area contributed by atoms with Crippen molar-refractivity contribution < 1.29 is 9.90 Å². The lowest BCUT2D eigenvalue weighted by atomic mass is 9.83. The van der Waals surface area contributed by atoms with Crippen LogP contribution < -0.4 is 5.32 Å². The average molecular weight is 247 g/mol. The van der Waals surface area contributed by atoms with Crippen molar-refractivity contribution in [3.8, 4) is 5.75 Å². The smallest absolute Gasteiger partial charge is 0.251 e. The zero-order chi connectivity index (χ0) is 13.0. The minimum Gasteiger partial charge on any atom is -0.508 e. The maximum absolute atomic E-state index is 11.9. The second-order valence-electron chi connectivity index (χ2n) is 5.39. The molecule has 1 amide bonds. The fourth-order valence-corrected chi connectivity index (χ4v) is 2.52. The van der Waals surface area contributed by atoms with Gasteiger partial charge in [-0.05, 0) is 42.9 Å². The Hall–Kier alpha value is -1.51. The van der Waals surface area contributed by atoms with E-state index in [1.807, 2.05) is 0 Å². The highest BCUT2D eigenvalue weighted by Gasteiger charge is 2.18. The van der Waals surface area contributed by atoms with Crippen molar-refractivity contribution in [1.29, 1.82) is 0 Å². The Morgan fingerprint density at radius 2 is 2.06 bits per heavy atom. The Kier molecular flexibility index (Phi) is 4.24. The normalized spacial score (nSPS) is 23.6.